The highest BCUT2D eigenvalue weighted by atomic mass is 19.3. The molecule has 0 spiro atoms. The lowest BCUT2D eigenvalue weighted by molar-refractivity contribution is -0.0512. The molecule has 0 atom stereocenters. The first kappa shape index (κ1) is 21.0. The molecule has 0 aliphatic carbocycles. The van der Waals surface area contributed by atoms with E-state index in [2.05, 4.69) is 20.4 Å². The zero-order valence-electron chi connectivity index (χ0n) is 16.6. The highest BCUT2D eigenvalue weighted by Gasteiger charge is 2.18. The van der Waals surface area contributed by atoms with Gasteiger partial charge in [0, 0.05) is 12.6 Å². The molecule has 1 heterocycles. The summed E-state index contributed by atoms with van der Waals surface area (Å²) in [5.74, 6) is 0.289. The number of carbonyl (C=O) groups is 1. The van der Waals surface area contributed by atoms with Crippen molar-refractivity contribution in [1.29, 1.82) is 0 Å². The van der Waals surface area contributed by atoms with Crippen LogP contribution in [0.15, 0.2) is 42.5 Å². The smallest absolute Gasteiger partial charge is 0.387 e. The molecule has 10 heteroatoms. The third-order valence-corrected chi connectivity index (χ3v) is 4.30. The van der Waals surface area contributed by atoms with Crippen LogP contribution in [0.25, 0.3) is 5.69 Å². The minimum Gasteiger partial charge on any atom is -0.497 e. The van der Waals surface area contributed by atoms with Gasteiger partial charge in [-0.05, 0) is 36.8 Å². The first-order valence-electron chi connectivity index (χ1n) is 8.89. The molecule has 1 amide bonds. The van der Waals surface area contributed by atoms with Crippen LogP contribution >= 0.6 is 0 Å². The lowest BCUT2D eigenvalue weighted by atomic mass is 10.2. The number of hydrogen-bond acceptors (Lipinski definition) is 6. The number of nitrogens with one attached hydrogen (secondary N) is 1. The maximum atomic E-state index is 12.6. The Morgan fingerprint density at radius 3 is 2.63 bits per heavy atom. The number of halogens is 2. The Morgan fingerprint density at radius 1 is 1.13 bits per heavy atom. The van der Waals surface area contributed by atoms with Crippen LogP contribution in [-0.4, -0.2) is 41.7 Å². The van der Waals surface area contributed by atoms with Crippen molar-refractivity contribution in [1.82, 2.24) is 20.3 Å². The fourth-order valence-corrected chi connectivity index (χ4v) is 2.81. The number of hydrogen-bond donors (Lipinski definition) is 1. The van der Waals surface area contributed by atoms with E-state index >= 15 is 0 Å². The van der Waals surface area contributed by atoms with E-state index in [9.17, 15) is 13.6 Å². The van der Waals surface area contributed by atoms with Gasteiger partial charge in [-0.2, -0.15) is 8.78 Å². The van der Waals surface area contributed by atoms with E-state index in [1.165, 1.54) is 23.9 Å². The molecule has 0 fully saturated rings. The number of alkyl halides is 2. The predicted molar refractivity (Wildman–Crippen MR) is 103 cm³/mol. The number of ether oxygens (including phenoxy) is 3. The number of aromatic nitrogens is 3. The first-order valence-corrected chi connectivity index (χ1v) is 8.89. The fraction of sp³-hybridized carbons (Fsp3) is 0.250. The SMILES string of the molecule is COc1cccc(-n2nnc(C(=O)NCc3ccc(OC(F)F)c(OC)c3)c2C)c1. The van der Waals surface area contributed by atoms with Crippen LogP contribution in [0.2, 0.25) is 0 Å². The molecule has 0 aliphatic heterocycles. The highest BCUT2D eigenvalue weighted by Crippen LogP contribution is 2.29. The molecule has 158 valence electrons. The van der Waals surface area contributed by atoms with E-state index in [0.29, 0.717) is 22.7 Å². The number of benzene rings is 2. The van der Waals surface area contributed by atoms with Crippen LogP contribution in [-0.2, 0) is 6.54 Å². The van der Waals surface area contributed by atoms with Gasteiger partial charge in [-0.25, -0.2) is 4.68 Å². The molecule has 0 unspecified atom stereocenters. The van der Waals surface area contributed by atoms with E-state index in [0.717, 1.165) is 0 Å². The van der Waals surface area contributed by atoms with Gasteiger partial charge in [0.15, 0.2) is 17.2 Å². The topological polar surface area (TPSA) is 87.5 Å². The van der Waals surface area contributed by atoms with E-state index in [1.807, 2.05) is 12.1 Å². The van der Waals surface area contributed by atoms with Crippen molar-refractivity contribution in [2.45, 2.75) is 20.1 Å². The average Bonchev–Trinajstić information content (AvgIpc) is 3.13. The van der Waals surface area contributed by atoms with Crippen molar-refractivity contribution in [2.75, 3.05) is 14.2 Å². The molecule has 0 saturated heterocycles. The number of rotatable bonds is 8. The average molecular weight is 418 g/mol. The maximum Gasteiger partial charge on any atom is 0.387 e. The van der Waals surface area contributed by atoms with Crippen molar-refractivity contribution in [3.63, 3.8) is 0 Å². The molecule has 0 radical (unpaired) electrons. The van der Waals surface area contributed by atoms with Crippen molar-refractivity contribution in [3.05, 3.63) is 59.4 Å². The Morgan fingerprint density at radius 2 is 1.93 bits per heavy atom. The Kier molecular flexibility index (Phi) is 6.45. The summed E-state index contributed by atoms with van der Waals surface area (Å²) in [6.07, 6.45) is 0. The van der Waals surface area contributed by atoms with Crippen molar-refractivity contribution < 1.29 is 27.8 Å². The molecular formula is C20H20F2N4O4. The summed E-state index contributed by atoms with van der Waals surface area (Å²) in [4.78, 5) is 12.6. The summed E-state index contributed by atoms with van der Waals surface area (Å²) in [5, 5.41) is 10.8. The van der Waals surface area contributed by atoms with Crippen LogP contribution < -0.4 is 19.5 Å². The molecule has 1 aromatic heterocycles. The normalized spacial score (nSPS) is 10.7. The highest BCUT2D eigenvalue weighted by molar-refractivity contribution is 5.93. The Labute approximate surface area is 171 Å². The molecule has 2 aromatic carbocycles. The molecule has 3 aromatic rings. The standard InChI is InChI=1S/C20H20F2N4O4/c1-12-18(24-25-26(12)14-5-4-6-15(10-14)28-2)19(27)23-11-13-7-8-16(30-20(21)22)17(9-13)29-3/h4-10,20H,11H2,1-3H3,(H,23,27). The molecule has 0 saturated carbocycles. The quantitative estimate of drug-likeness (QED) is 0.605. The summed E-state index contributed by atoms with van der Waals surface area (Å²) in [7, 11) is 2.91. The maximum absolute atomic E-state index is 12.6. The van der Waals surface area contributed by atoms with Crippen LogP contribution in [0.3, 0.4) is 0 Å². The Bertz CT molecular complexity index is 1040. The van der Waals surface area contributed by atoms with Crippen molar-refractivity contribution in [2.24, 2.45) is 0 Å². The van der Waals surface area contributed by atoms with Gasteiger partial charge < -0.3 is 19.5 Å². The van der Waals surface area contributed by atoms with Gasteiger partial charge in [0.05, 0.1) is 25.6 Å². The van der Waals surface area contributed by atoms with Gasteiger partial charge in [-0.1, -0.05) is 17.3 Å². The summed E-state index contributed by atoms with van der Waals surface area (Å²) < 4.78 is 41.0. The second-order valence-electron chi connectivity index (χ2n) is 6.18. The molecule has 1 N–H and O–H groups in total. The zero-order chi connectivity index (χ0) is 21.7. The second-order valence-corrected chi connectivity index (χ2v) is 6.18. The zero-order valence-corrected chi connectivity index (χ0v) is 16.6. The van der Waals surface area contributed by atoms with Gasteiger partial charge in [-0.3, -0.25) is 4.79 Å². The van der Waals surface area contributed by atoms with Gasteiger partial charge >= 0.3 is 6.61 Å². The number of methoxy groups -OCH3 is 2. The Balaban J connectivity index is 1.72. The number of amides is 1. The number of carbonyl (C=O) groups excluding carboxylic acids is 1. The largest absolute Gasteiger partial charge is 0.497 e. The Hall–Kier alpha value is -3.69. The molecule has 3 rings (SSSR count). The van der Waals surface area contributed by atoms with E-state index in [1.54, 1.807) is 32.2 Å². The van der Waals surface area contributed by atoms with Gasteiger partial charge in [0.1, 0.15) is 5.75 Å². The molecule has 8 nitrogen and oxygen atoms in total. The van der Waals surface area contributed by atoms with E-state index in [4.69, 9.17) is 9.47 Å². The number of nitrogens with zero attached hydrogens (tertiary/aromatic N) is 3. The fourth-order valence-electron chi connectivity index (χ4n) is 2.81. The third-order valence-electron chi connectivity index (χ3n) is 4.30. The summed E-state index contributed by atoms with van der Waals surface area (Å²) in [6, 6.07) is 11.6. The lowest BCUT2D eigenvalue weighted by Crippen LogP contribution is -2.24. The van der Waals surface area contributed by atoms with E-state index < -0.39 is 12.5 Å². The van der Waals surface area contributed by atoms with Gasteiger partial charge in [0.25, 0.3) is 5.91 Å². The summed E-state index contributed by atoms with van der Waals surface area (Å²) >= 11 is 0. The van der Waals surface area contributed by atoms with Crippen LogP contribution in [0.5, 0.6) is 17.2 Å². The minimum atomic E-state index is -2.96. The van der Waals surface area contributed by atoms with Crippen molar-refractivity contribution in [3.8, 4) is 22.9 Å². The predicted octanol–water partition coefficient (Wildman–Crippen LogP) is 3.12. The van der Waals surface area contributed by atoms with Crippen LogP contribution in [0.1, 0.15) is 21.7 Å². The molecule has 0 bridgehead atoms. The van der Waals surface area contributed by atoms with Crippen LogP contribution in [0.4, 0.5) is 8.78 Å². The molecule has 30 heavy (non-hydrogen) atoms. The van der Waals surface area contributed by atoms with E-state index in [-0.39, 0.29) is 23.7 Å². The summed E-state index contributed by atoms with van der Waals surface area (Å²) in [6.45, 7) is -1.09. The van der Waals surface area contributed by atoms with Gasteiger partial charge in [-0.15, -0.1) is 5.10 Å². The summed E-state index contributed by atoms with van der Waals surface area (Å²) in [5.41, 5.74) is 2.07. The lowest BCUT2D eigenvalue weighted by Gasteiger charge is -2.11. The molecule has 0 aliphatic rings. The third kappa shape index (κ3) is 4.65. The second kappa shape index (κ2) is 9.21. The monoisotopic (exact) mass is 418 g/mol. The van der Waals surface area contributed by atoms with Crippen molar-refractivity contribution >= 4 is 5.91 Å². The van der Waals surface area contributed by atoms with Crippen LogP contribution in [0, 0.1) is 6.92 Å². The minimum absolute atomic E-state index is 0.0837. The molecular weight excluding hydrogens is 398 g/mol. The first-order chi connectivity index (χ1) is 14.4. The van der Waals surface area contributed by atoms with Gasteiger partial charge in [0.2, 0.25) is 0 Å².